The fraction of sp³-hybridized carbons (Fsp3) is 0.529. The van der Waals surface area contributed by atoms with Crippen molar-refractivity contribution in [1.29, 1.82) is 0 Å². The zero-order chi connectivity index (χ0) is 17.5. The molecule has 0 aromatic carbocycles. The number of methoxy groups -OCH3 is 1. The van der Waals surface area contributed by atoms with Crippen LogP contribution in [0.5, 0.6) is 0 Å². The second-order valence-electron chi connectivity index (χ2n) is 6.02. The minimum absolute atomic E-state index is 0.154. The van der Waals surface area contributed by atoms with Crippen molar-refractivity contribution >= 4 is 5.91 Å². The van der Waals surface area contributed by atoms with Crippen LogP contribution in [-0.4, -0.2) is 57.9 Å². The summed E-state index contributed by atoms with van der Waals surface area (Å²) < 4.78 is 12.4. The highest BCUT2D eigenvalue weighted by molar-refractivity contribution is 5.92. The number of hydrogen-bond donors (Lipinski definition) is 1. The molecular formula is C17H23N5O3. The SMILES string of the molecule is COCCOC1CCC(NC(=O)c2ccnc(-n3ccnc3)n2)CC1. The van der Waals surface area contributed by atoms with Crippen LogP contribution in [0.2, 0.25) is 0 Å². The Morgan fingerprint density at radius 3 is 2.84 bits per heavy atom. The van der Waals surface area contributed by atoms with Gasteiger partial charge in [-0.2, -0.15) is 0 Å². The predicted molar refractivity (Wildman–Crippen MR) is 90.5 cm³/mol. The molecule has 25 heavy (non-hydrogen) atoms. The molecule has 0 aliphatic heterocycles. The molecule has 1 fully saturated rings. The van der Waals surface area contributed by atoms with E-state index in [0.29, 0.717) is 24.9 Å². The van der Waals surface area contributed by atoms with Gasteiger partial charge in [-0.15, -0.1) is 0 Å². The van der Waals surface area contributed by atoms with E-state index in [2.05, 4.69) is 20.3 Å². The van der Waals surface area contributed by atoms with Crippen LogP contribution in [0, 0.1) is 0 Å². The van der Waals surface area contributed by atoms with Crippen molar-refractivity contribution in [3.05, 3.63) is 36.7 Å². The lowest BCUT2D eigenvalue weighted by Gasteiger charge is -2.29. The van der Waals surface area contributed by atoms with Crippen molar-refractivity contribution in [3.8, 4) is 5.95 Å². The highest BCUT2D eigenvalue weighted by Gasteiger charge is 2.23. The van der Waals surface area contributed by atoms with Crippen LogP contribution in [0.3, 0.4) is 0 Å². The fourth-order valence-electron chi connectivity index (χ4n) is 2.91. The molecule has 0 saturated heterocycles. The molecule has 1 amide bonds. The van der Waals surface area contributed by atoms with Gasteiger partial charge in [-0.3, -0.25) is 9.36 Å². The molecule has 1 aliphatic rings. The number of nitrogens with one attached hydrogen (secondary N) is 1. The first kappa shape index (κ1) is 17.5. The molecule has 134 valence electrons. The van der Waals surface area contributed by atoms with Gasteiger partial charge in [0.15, 0.2) is 0 Å². The lowest BCUT2D eigenvalue weighted by atomic mass is 9.93. The van der Waals surface area contributed by atoms with E-state index in [9.17, 15) is 4.79 Å². The highest BCUT2D eigenvalue weighted by atomic mass is 16.5. The summed E-state index contributed by atoms with van der Waals surface area (Å²) in [6.07, 6.45) is 10.5. The number of carbonyl (C=O) groups excluding carboxylic acids is 1. The third kappa shape index (κ3) is 4.83. The summed E-state index contributed by atoms with van der Waals surface area (Å²) in [7, 11) is 1.67. The van der Waals surface area contributed by atoms with Crippen LogP contribution >= 0.6 is 0 Å². The summed E-state index contributed by atoms with van der Waals surface area (Å²) in [6, 6.07) is 1.77. The number of amides is 1. The van der Waals surface area contributed by atoms with Crippen molar-refractivity contribution in [2.24, 2.45) is 0 Å². The largest absolute Gasteiger partial charge is 0.382 e. The van der Waals surface area contributed by atoms with Crippen molar-refractivity contribution in [3.63, 3.8) is 0 Å². The number of ether oxygens (including phenoxy) is 2. The summed E-state index contributed by atoms with van der Waals surface area (Å²) in [5.41, 5.74) is 0.358. The molecule has 2 aromatic rings. The van der Waals surface area contributed by atoms with Gasteiger partial charge in [-0.05, 0) is 31.7 Å². The molecular weight excluding hydrogens is 322 g/mol. The quantitative estimate of drug-likeness (QED) is 0.762. The van der Waals surface area contributed by atoms with Crippen LogP contribution < -0.4 is 5.32 Å². The van der Waals surface area contributed by atoms with Crippen LogP contribution in [0.15, 0.2) is 31.0 Å². The average Bonchev–Trinajstić information content (AvgIpc) is 3.18. The van der Waals surface area contributed by atoms with Crippen molar-refractivity contribution in [2.45, 2.75) is 37.8 Å². The number of carbonyl (C=O) groups is 1. The minimum atomic E-state index is -0.174. The van der Waals surface area contributed by atoms with Crippen LogP contribution in [0.1, 0.15) is 36.2 Å². The molecule has 2 aromatic heterocycles. The van der Waals surface area contributed by atoms with Gasteiger partial charge in [0.1, 0.15) is 12.0 Å². The summed E-state index contributed by atoms with van der Waals surface area (Å²) in [5, 5.41) is 3.06. The third-order valence-corrected chi connectivity index (χ3v) is 4.26. The molecule has 3 rings (SSSR count). The van der Waals surface area contributed by atoms with Crippen LogP contribution in [-0.2, 0) is 9.47 Å². The van der Waals surface area contributed by atoms with E-state index in [-0.39, 0.29) is 18.1 Å². The second kappa shape index (κ2) is 8.68. The molecule has 1 aliphatic carbocycles. The van der Waals surface area contributed by atoms with Gasteiger partial charge in [0.05, 0.1) is 19.3 Å². The molecule has 0 unspecified atom stereocenters. The van der Waals surface area contributed by atoms with E-state index in [0.717, 1.165) is 25.7 Å². The molecule has 0 radical (unpaired) electrons. The van der Waals surface area contributed by atoms with Gasteiger partial charge in [0, 0.05) is 31.7 Å². The molecule has 0 bridgehead atoms. The lowest BCUT2D eigenvalue weighted by molar-refractivity contribution is -0.00409. The molecule has 0 atom stereocenters. The predicted octanol–water partition coefficient (Wildman–Crippen LogP) is 1.37. The Hall–Kier alpha value is -2.32. The minimum Gasteiger partial charge on any atom is -0.382 e. The summed E-state index contributed by atoms with van der Waals surface area (Å²) in [5.74, 6) is 0.257. The van der Waals surface area contributed by atoms with Gasteiger partial charge >= 0.3 is 0 Å². The third-order valence-electron chi connectivity index (χ3n) is 4.26. The smallest absolute Gasteiger partial charge is 0.270 e. The zero-order valence-electron chi connectivity index (χ0n) is 14.3. The van der Waals surface area contributed by atoms with Crippen molar-refractivity contribution in [2.75, 3.05) is 20.3 Å². The number of rotatable bonds is 7. The summed E-state index contributed by atoms with van der Waals surface area (Å²) >= 11 is 0. The highest BCUT2D eigenvalue weighted by Crippen LogP contribution is 2.21. The lowest BCUT2D eigenvalue weighted by Crippen LogP contribution is -2.39. The second-order valence-corrected chi connectivity index (χ2v) is 6.02. The van der Waals surface area contributed by atoms with E-state index in [1.165, 1.54) is 0 Å². The Bertz CT molecular complexity index is 669. The fourth-order valence-corrected chi connectivity index (χ4v) is 2.91. The van der Waals surface area contributed by atoms with Gasteiger partial charge in [-0.25, -0.2) is 15.0 Å². The first-order valence-electron chi connectivity index (χ1n) is 8.49. The first-order valence-corrected chi connectivity index (χ1v) is 8.49. The Morgan fingerprint density at radius 2 is 2.12 bits per heavy atom. The van der Waals surface area contributed by atoms with Gasteiger partial charge in [0.2, 0.25) is 5.95 Å². The standard InChI is InChI=1S/C17H23N5O3/c1-24-10-11-25-14-4-2-13(3-5-14)20-16(23)15-6-7-19-17(21-15)22-9-8-18-12-22/h6-9,12-14H,2-5,10-11H2,1H3,(H,20,23). The molecule has 8 nitrogen and oxygen atoms in total. The van der Waals surface area contributed by atoms with E-state index < -0.39 is 0 Å². The number of imidazole rings is 1. The van der Waals surface area contributed by atoms with Gasteiger partial charge in [-0.1, -0.05) is 0 Å². The van der Waals surface area contributed by atoms with Gasteiger partial charge in [0.25, 0.3) is 5.91 Å². The number of nitrogens with zero attached hydrogens (tertiary/aromatic N) is 4. The molecule has 8 heteroatoms. The van der Waals surface area contributed by atoms with Crippen molar-refractivity contribution < 1.29 is 14.3 Å². The van der Waals surface area contributed by atoms with E-state index in [4.69, 9.17) is 9.47 Å². The van der Waals surface area contributed by atoms with E-state index >= 15 is 0 Å². The molecule has 0 spiro atoms. The molecule has 1 N–H and O–H groups in total. The topological polar surface area (TPSA) is 91.2 Å². The maximum Gasteiger partial charge on any atom is 0.270 e. The summed E-state index contributed by atoms with van der Waals surface area (Å²) in [6.45, 7) is 1.24. The summed E-state index contributed by atoms with van der Waals surface area (Å²) in [4.78, 5) is 24.9. The van der Waals surface area contributed by atoms with Gasteiger partial charge < -0.3 is 14.8 Å². The normalized spacial score (nSPS) is 20.4. The maximum absolute atomic E-state index is 12.5. The Kier molecular flexibility index (Phi) is 6.08. The molecule has 2 heterocycles. The number of hydrogen-bond acceptors (Lipinski definition) is 6. The molecule has 1 saturated carbocycles. The Labute approximate surface area is 146 Å². The van der Waals surface area contributed by atoms with E-state index in [1.54, 1.807) is 42.7 Å². The Balaban J connectivity index is 1.51. The average molecular weight is 345 g/mol. The monoisotopic (exact) mass is 345 g/mol. The first-order chi connectivity index (χ1) is 12.3. The van der Waals surface area contributed by atoms with Crippen LogP contribution in [0.25, 0.3) is 5.95 Å². The maximum atomic E-state index is 12.5. The van der Waals surface area contributed by atoms with Crippen molar-refractivity contribution in [1.82, 2.24) is 24.8 Å². The van der Waals surface area contributed by atoms with Crippen LogP contribution in [0.4, 0.5) is 0 Å². The zero-order valence-corrected chi connectivity index (χ0v) is 14.3. The Morgan fingerprint density at radius 1 is 1.28 bits per heavy atom. The number of aromatic nitrogens is 4. The van der Waals surface area contributed by atoms with E-state index in [1.807, 2.05) is 0 Å².